The number of rotatable bonds is 5. The number of aromatic nitrogens is 2. The fourth-order valence-electron chi connectivity index (χ4n) is 2.79. The molecule has 4 heteroatoms. The summed E-state index contributed by atoms with van der Waals surface area (Å²) in [6, 6.07) is 10.9. The summed E-state index contributed by atoms with van der Waals surface area (Å²) in [4.78, 5) is 8.45. The number of nitrogens with zero attached hydrogens (tertiary/aromatic N) is 2. The summed E-state index contributed by atoms with van der Waals surface area (Å²) < 4.78 is 5.56. The smallest absolute Gasteiger partial charge is 0.218 e. The van der Waals surface area contributed by atoms with E-state index < -0.39 is 0 Å². The van der Waals surface area contributed by atoms with Gasteiger partial charge in [-0.1, -0.05) is 31.2 Å². The number of fused-ring (bicyclic) bond motifs is 1. The van der Waals surface area contributed by atoms with Gasteiger partial charge in [-0.15, -0.1) is 0 Å². The van der Waals surface area contributed by atoms with Crippen LogP contribution in [-0.4, -0.2) is 16.6 Å². The Morgan fingerprint density at radius 2 is 2.19 bits per heavy atom. The van der Waals surface area contributed by atoms with Crippen LogP contribution in [0.1, 0.15) is 43.4 Å². The van der Waals surface area contributed by atoms with Crippen molar-refractivity contribution in [2.75, 3.05) is 11.9 Å². The highest BCUT2D eigenvalue weighted by atomic mass is 16.5. The average molecular weight is 283 g/mol. The number of benzene rings is 1. The highest BCUT2D eigenvalue weighted by molar-refractivity contribution is 5.43. The predicted octanol–water partition coefficient (Wildman–Crippen LogP) is 3.75. The second-order valence-corrected chi connectivity index (χ2v) is 5.38. The first kappa shape index (κ1) is 13.9. The Kier molecular flexibility index (Phi) is 4.34. The minimum Gasteiger partial charge on any atom is -0.478 e. The fraction of sp³-hybridized carbons (Fsp3) is 0.412. The lowest BCUT2D eigenvalue weighted by atomic mass is 9.88. The maximum absolute atomic E-state index is 5.56. The molecule has 3 rings (SSSR count). The maximum atomic E-state index is 5.56. The Morgan fingerprint density at radius 3 is 3.10 bits per heavy atom. The minimum absolute atomic E-state index is 0.323. The third-order valence-corrected chi connectivity index (χ3v) is 3.79. The molecule has 2 aromatic rings. The minimum atomic E-state index is 0.323. The molecule has 1 aliphatic rings. The first-order valence-electron chi connectivity index (χ1n) is 7.66. The molecule has 110 valence electrons. The summed E-state index contributed by atoms with van der Waals surface area (Å²) in [5.74, 6) is 1.47. The van der Waals surface area contributed by atoms with Crippen molar-refractivity contribution < 1.29 is 4.74 Å². The van der Waals surface area contributed by atoms with Crippen LogP contribution < -0.4 is 10.1 Å². The number of aryl methyl sites for hydroxylation is 1. The summed E-state index contributed by atoms with van der Waals surface area (Å²) in [6.45, 7) is 2.77. The van der Waals surface area contributed by atoms with E-state index in [1.54, 1.807) is 6.33 Å². The van der Waals surface area contributed by atoms with Crippen molar-refractivity contribution in [2.24, 2.45) is 0 Å². The van der Waals surface area contributed by atoms with Gasteiger partial charge in [0.2, 0.25) is 5.88 Å². The highest BCUT2D eigenvalue weighted by Gasteiger charge is 2.19. The fourth-order valence-corrected chi connectivity index (χ4v) is 2.79. The lowest BCUT2D eigenvalue weighted by Crippen LogP contribution is -2.18. The summed E-state index contributed by atoms with van der Waals surface area (Å²) in [6.07, 6.45) is 6.04. The molecule has 0 aliphatic heterocycles. The van der Waals surface area contributed by atoms with Crippen LogP contribution in [0.25, 0.3) is 0 Å². The van der Waals surface area contributed by atoms with E-state index in [9.17, 15) is 0 Å². The molecule has 1 heterocycles. The van der Waals surface area contributed by atoms with Gasteiger partial charge in [-0.25, -0.2) is 9.97 Å². The van der Waals surface area contributed by atoms with Crippen LogP contribution in [0.2, 0.25) is 0 Å². The second-order valence-electron chi connectivity index (χ2n) is 5.38. The molecule has 0 fully saturated rings. The van der Waals surface area contributed by atoms with Crippen molar-refractivity contribution in [3.05, 3.63) is 47.8 Å². The van der Waals surface area contributed by atoms with Crippen molar-refractivity contribution >= 4 is 5.82 Å². The summed E-state index contributed by atoms with van der Waals surface area (Å²) in [5, 5.41) is 3.52. The Bertz CT molecular complexity index is 600. The lowest BCUT2D eigenvalue weighted by Gasteiger charge is -2.26. The van der Waals surface area contributed by atoms with Crippen LogP contribution in [0.4, 0.5) is 5.82 Å². The number of anilines is 1. The molecule has 1 aromatic heterocycles. The van der Waals surface area contributed by atoms with Gasteiger partial charge in [-0.05, 0) is 36.8 Å². The van der Waals surface area contributed by atoms with Gasteiger partial charge in [0.15, 0.2) is 0 Å². The molecule has 0 bridgehead atoms. The largest absolute Gasteiger partial charge is 0.478 e. The Labute approximate surface area is 125 Å². The summed E-state index contributed by atoms with van der Waals surface area (Å²) in [7, 11) is 0. The van der Waals surface area contributed by atoms with E-state index in [4.69, 9.17) is 4.74 Å². The van der Waals surface area contributed by atoms with Crippen LogP contribution in [0.15, 0.2) is 36.7 Å². The molecule has 1 N–H and O–H groups in total. The summed E-state index contributed by atoms with van der Waals surface area (Å²) >= 11 is 0. The lowest BCUT2D eigenvalue weighted by molar-refractivity contribution is 0.305. The molecule has 0 amide bonds. The molecule has 1 aromatic carbocycles. The predicted molar refractivity (Wildman–Crippen MR) is 83.6 cm³/mol. The maximum Gasteiger partial charge on any atom is 0.218 e. The van der Waals surface area contributed by atoms with Gasteiger partial charge in [-0.2, -0.15) is 0 Å². The highest BCUT2D eigenvalue weighted by Crippen LogP contribution is 2.32. The molecule has 1 unspecified atom stereocenters. The third-order valence-electron chi connectivity index (χ3n) is 3.79. The van der Waals surface area contributed by atoms with Gasteiger partial charge in [-0.3, -0.25) is 0 Å². The van der Waals surface area contributed by atoms with Crippen molar-refractivity contribution in [1.82, 2.24) is 9.97 Å². The molecular weight excluding hydrogens is 262 g/mol. The van der Waals surface area contributed by atoms with Crippen LogP contribution in [0, 0.1) is 0 Å². The second kappa shape index (κ2) is 6.57. The van der Waals surface area contributed by atoms with E-state index in [-0.39, 0.29) is 0 Å². The zero-order valence-electron chi connectivity index (χ0n) is 12.4. The topological polar surface area (TPSA) is 47.0 Å². The third kappa shape index (κ3) is 3.32. The summed E-state index contributed by atoms with van der Waals surface area (Å²) in [5.41, 5.74) is 2.83. The Morgan fingerprint density at radius 1 is 1.29 bits per heavy atom. The molecule has 1 aliphatic carbocycles. The molecular formula is C17H21N3O. The van der Waals surface area contributed by atoms with Crippen LogP contribution >= 0.6 is 0 Å². The molecule has 0 radical (unpaired) electrons. The SMILES string of the molecule is CCCOc1cc(NC2CCCc3ccccc32)ncn1. The Hall–Kier alpha value is -2.10. The zero-order valence-corrected chi connectivity index (χ0v) is 12.4. The van der Waals surface area contributed by atoms with Gasteiger partial charge < -0.3 is 10.1 Å². The molecule has 1 atom stereocenters. The van der Waals surface area contributed by atoms with Crippen LogP contribution in [0.3, 0.4) is 0 Å². The van der Waals surface area contributed by atoms with Gasteiger partial charge in [0.25, 0.3) is 0 Å². The van der Waals surface area contributed by atoms with E-state index in [0.29, 0.717) is 18.5 Å². The van der Waals surface area contributed by atoms with Gasteiger partial charge in [0, 0.05) is 6.07 Å². The number of hydrogen-bond acceptors (Lipinski definition) is 4. The molecule has 4 nitrogen and oxygen atoms in total. The van der Waals surface area contributed by atoms with Gasteiger partial charge in [0.1, 0.15) is 12.1 Å². The molecule has 21 heavy (non-hydrogen) atoms. The standard InChI is InChI=1S/C17H21N3O/c1-2-10-21-17-11-16(18-12-19-17)20-15-9-5-7-13-6-3-4-8-14(13)15/h3-4,6,8,11-12,15H,2,5,7,9-10H2,1H3,(H,18,19,20). The van der Waals surface area contributed by atoms with Crippen molar-refractivity contribution in [3.8, 4) is 5.88 Å². The quantitative estimate of drug-likeness (QED) is 0.907. The number of nitrogens with one attached hydrogen (secondary N) is 1. The normalized spacial score (nSPS) is 17.1. The van der Waals surface area contributed by atoms with E-state index >= 15 is 0 Å². The van der Waals surface area contributed by atoms with Crippen LogP contribution in [0.5, 0.6) is 5.88 Å². The van der Waals surface area contributed by atoms with E-state index in [1.165, 1.54) is 24.0 Å². The van der Waals surface area contributed by atoms with Crippen LogP contribution in [-0.2, 0) is 6.42 Å². The van der Waals surface area contributed by atoms with Crippen molar-refractivity contribution in [1.29, 1.82) is 0 Å². The molecule has 0 saturated carbocycles. The van der Waals surface area contributed by atoms with Gasteiger partial charge >= 0.3 is 0 Å². The van der Waals surface area contributed by atoms with Crippen molar-refractivity contribution in [3.63, 3.8) is 0 Å². The number of ether oxygens (including phenoxy) is 1. The Balaban J connectivity index is 1.75. The molecule has 0 spiro atoms. The zero-order chi connectivity index (χ0) is 14.5. The average Bonchev–Trinajstić information content (AvgIpc) is 2.54. The van der Waals surface area contributed by atoms with E-state index in [0.717, 1.165) is 18.7 Å². The van der Waals surface area contributed by atoms with E-state index in [1.807, 2.05) is 6.07 Å². The molecule has 0 saturated heterocycles. The van der Waals surface area contributed by atoms with Gasteiger partial charge in [0.05, 0.1) is 12.6 Å². The number of hydrogen-bond donors (Lipinski definition) is 1. The monoisotopic (exact) mass is 283 g/mol. The van der Waals surface area contributed by atoms with Crippen molar-refractivity contribution in [2.45, 2.75) is 38.6 Å². The first-order valence-corrected chi connectivity index (χ1v) is 7.66. The van der Waals surface area contributed by atoms with E-state index in [2.05, 4.69) is 46.5 Å². The first-order chi connectivity index (χ1) is 10.4.